The summed E-state index contributed by atoms with van der Waals surface area (Å²) in [5.41, 5.74) is 6.26. The molecule has 1 aliphatic heterocycles. The van der Waals surface area contributed by atoms with Crippen LogP contribution >= 0.6 is 0 Å². The van der Waals surface area contributed by atoms with E-state index in [9.17, 15) is 4.79 Å². The smallest absolute Gasteiger partial charge is 0.259 e. The van der Waals surface area contributed by atoms with Gasteiger partial charge in [-0.15, -0.1) is 0 Å². The number of rotatable bonds is 7. The van der Waals surface area contributed by atoms with Crippen molar-refractivity contribution in [3.63, 3.8) is 0 Å². The predicted octanol–water partition coefficient (Wildman–Crippen LogP) is 4.16. The van der Waals surface area contributed by atoms with Gasteiger partial charge in [0.05, 0.1) is 19.0 Å². The maximum absolute atomic E-state index is 13.7. The first-order valence-corrected chi connectivity index (χ1v) is 11.2. The fourth-order valence-corrected chi connectivity index (χ4v) is 4.20. The van der Waals surface area contributed by atoms with Gasteiger partial charge < -0.3 is 4.74 Å². The number of benzene rings is 2. The van der Waals surface area contributed by atoms with E-state index in [2.05, 4.69) is 54.0 Å². The number of hydrogen-bond donors (Lipinski definition) is 0. The summed E-state index contributed by atoms with van der Waals surface area (Å²) in [5.74, 6) is 0.718. The third-order valence-corrected chi connectivity index (χ3v) is 6.22. The van der Waals surface area contributed by atoms with Crippen molar-refractivity contribution in [2.45, 2.75) is 40.3 Å². The van der Waals surface area contributed by atoms with Crippen LogP contribution in [0.5, 0.6) is 0 Å². The minimum atomic E-state index is 0.0432. The van der Waals surface area contributed by atoms with E-state index in [1.165, 1.54) is 11.1 Å². The topological polar surface area (TPSA) is 50.6 Å². The quantitative estimate of drug-likeness (QED) is 0.525. The minimum Gasteiger partial charge on any atom is -0.385 e. The zero-order chi connectivity index (χ0) is 22.7. The molecule has 0 spiro atoms. The molecule has 0 aliphatic carbocycles. The van der Waals surface area contributed by atoms with Crippen molar-refractivity contribution in [3.05, 3.63) is 86.8 Å². The van der Waals surface area contributed by atoms with Gasteiger partial charge in [-0.25, -0.2) is 4.98 Å². The molecule has 0 atom stereocenters. The van der Waals surface area contributed by atoms with Crippen LogP contribution in [-0.4, -0.2) is 41.4 Å². The standard InChI is InChI=1S/C26H32N4O2/c1-19-11-12-23(15-20(19)2)29-17-28(13-8-14-32-4)18-30-25(31)24(21(3)27-26(29)30)16-22-9-6-5-7-10-22/h5-7,9-12,15H,8,13-14,16-18H2,1-4H3. The summed E-state index contributed by atoms with van der Waals surface area (Å²) in [6, 6.07) is 16.5. The van der Waals surface area contributed by atoms with Gasteiger partial charge in [-0.2, -0.15) is 0 Å². The number of nitrogens with zero attached hydrogens (tertiary/aromatic N) is 4. The van der Waals surface area contributed by atoms with E-state index in [0.717, 1.165) is 41.4 Å². The number of fused-ring (bicyclic) bond motifs is 1. The van der Waals surface area contributed by atoms with E-state index in [4.69, 9.17) is 9.72 Å². The van der Waals surface area contributed by atoms with Gasteiger partial charge in [-0.05, 0) is 56.0 Å². The molecule has 168 valence electrons. The van der Waals surface area contributed by atoms with Crippen molar-refractivity contribution >= 4 is 11.6 Å². The summed E-state index contributed by atoms with van der Waals surface area (Å²) in [7, 11) is 1.72. The molecular weight excluding hydrogens is 400 g/mol. The Hall–Kier alpha value is -2.96. The van der Waals surface area contributed by atoms with Crippen molar-refractivity contribution in [2.24, 2.45) is 0 Å². The SMILES string of the molecule is COCCCN1CN(c2ccc(C)c(C)c2)c2nc(C)c(Cc3ccccc3)c(=O)n2C1. The van der Waals surface area contributed by atoms with E-state index in [0.29, 0.717) is 26.4 Å². The number of methoxy groups -OCH3 is 1. The number of aromatic nitrogens is 2. The Labute approximate surface area is 190 Å². The van der Waals surface area contributed by atoms with E-state index < -0.39 is 0 Å². The predicted molar refractivity (Wildman–Crippen MR) is 129 cm³/mol. The van der Waals surface area contributed by atoms with Crippen LogP contribution < -0.4 is 10.5 Å². The van der Waals surface area contributed by atoms with Crippen molar-refractivity contribution in [1.29, 1.82) is 0 Å². The molecule has 0 bridgehead atoms. The van der Waals surface area contributed by atoms with Crippen LogP contribution in [0.2, 0.25) is 0 Å². The molecule has 2 aromatic carbocycles. The zero-order valence-corrected chi connectivity index (χ0v) is 19.5. The molecule has 0 radical (unpaired) electrons. The van der Waals surface area contributed by atoms with E-state index in [1.807, 2.05) is 29.7 Å². The van der Waals surface area contributed by atoms with Crippen molar-refractivity contribution < 1.29 is 4.74 Å². The summed E-state index contributed by atoms with van der Waals surface area (Å²) in [4.78, 5) is 23.0. The van der Waals surface area contributed by atoms with Crippen LogP contribution in [0.4, 0.5) is 11.6 Å². The van der Waals surface area contributed by atoms with E-state index in [-0.39, 0.29) is 5.56 Å². The number of aryl methyl sites for hydroxylation is 3. The maximum Gasteiger partial charge on any atom is 0.259 e. The first kappa shape index (κ1) is 22.2. The third kappa shape index (κ3) is 4.61. The highest BCUT2D eigenvalue weighted by Crippen LogP contribution is 2.29. The van der Waals surface area contributed by atoms with Crippen LogP contribution in [-0.2, 0) is 17.8 Å². The Morgan fingerprint density at radius 3 is 2.50 bits per heavy atom. The maximum atomic E-state index is 13.7. The fraction of sp³-hybridized carbons (Fsp3) is 0.385. The molecule has 0 saturated carbocycles. The Morgan fingerprint density at radius 1 is 1.00 bits per heavy atom. The molecule has 0 saturated heterocycles. The van der Waals surface area contributed by atoms with Crippen LogP contribution in [0.3, 0.4) is 0 Å². The van der Waals surface area contributed by atoms with E-state index in [1.54, 1.807) is 7.11 Å². The van der Waals surface area contributed by atoms with Gasteiger partial charge in [0.25, 0.3) is 5.56 Å². The number of anilines is 2. The summed E-state index contributed by atoms with van der Waals surface area (Å²) in [6.45, 7) is 8.96. The monoisotopic (exact) mass is 432 g/mol. The molecule has 1 aliphatic rings. The molecule has 32 heavy (non-hydrogen) atoms. The van der Waals surface area contributed by atoms with Crippen molar-refractivity contribution in [1.82, 2.24) is 14.5 Å². The third-order valence-electron chi connectivity index (χ3n) is 6.22. The molecule has 6 heteroatoms. The largest absolute Gasteiger partial charge is 0.385 e. The van der Waals surface area contributed by atoms with Gasteiger partial charge in [0.1, 0.15) is 0 Å². The molecular formula is C26H32N4O2. The van der Waals surface area contributed by atoms with Gasteiger partial charge in [0, 0.05) is 37.9 Å². The lowest BCUT2D eigenvalue weighted by Gasteiger charge is -2.38. The summed E-state index contributed by atoms with van der Waals surface area (Å²) < 4.78 is 7.08. The molecule has 0 unspecified atom stereocenters. The second-order valence-corrected chi connectivity index (χ2v) is 8.59. The van der Waals surface area contributed by atoms with Gasteiger partial charge in [0.15, 0.2) is 0 Å². The average Bonchev–Trinajstić information content (AvgIpc) is 2.79. The van der Waals surface area contributed by atoms with E-state index >= 15 is 0 Å². The van der Waals surface area contributed by atoms with Crippen LogP contribution in [0, 0.1) is 20.8 Å². The normalized spacial score (nSPS) is 13.9. The molecule has 6 nitrogen and oxygen atoms in total. The fourth-order valence-electron chi connectivity index (χ4n) is 4.20. The van der Waals surface area contributed by atoms with Gasteiger partial charge in [-0.3, -0.25) is 19.2 Å². The molecule has 0 fully saturated rings. The number of hydrogen-bond acceptors (Lipinski definition) is 5. The highest BCUT2D eigenvalue weighted by molar-refractivity contribution is 5.60. The van der Waals surface area contributed by atoms with Crippen LogP contribution in [0.15, 0.2) is 53.3 Å². The Bertz CT molecular complexity index is 1140. The summed E-state index contributed by atoms with van der Waals surface area (Å²) >= 11 is 0. The molecule has 0 amide bonds. The highest BCUT2D eigenvalue weighted by atomic mass is 16.5. The Kier molecular flexibility index (Phi) is 6.72. The summed E-state index contributed by atoms with van der Waals surface area (Å²) in [5, 5.41) is 0. The minimum absolute atomic E-state index is 0.0432. The molecule has 4 rings (SSSR count). The van der Waals surface area contributed by atoms with Crippen molar-refractivity contribution in [3.8, 4) is 0 Å². The van der Waals surface area contributed by atoms with Crippen molar-refractivity contribution in [2.75, 3.05) is 31.8 Å². The van der Waals surface area contributed by atoms with Crippen LogP contribution in [0.1, 0.15) is 34.4 Å². The Balaban J connectivity index is 1.76. The molecule has 3 aromatic rings. The highest BCUT2D eigenvalue weighted by Gasteiger charge is 2.28. The molecule has 0 N–H and O–H groups in total. The summed E-state index contributed by atoms with van der Waals surface area (Å²) in [6.07, 6.45) is 1.50. The molecule has 1 aromatic heterocycles. The van der Waals surface area contributed by atoms with Crippen LogP contribution in [0.25, 0.3) is 0 Å². The lowest BCUT2D eigenvalue weighted by Crippen LogP contribution is -2.48. The Morgan fingerprint density at radius 2 is 1.78 bits per heavy atom. The lowest BCUT2D eigenvalue weighted by atomic mass is 10.0. The van der Waals surface area contributed by atoms with Gasteiger partial charge in [0.2, 0.25) is 5.95 Å². The van der Waals surface area contributed by atoms with Gasteiger partial charge >= 0.3 is 0 Å². The first-order chi connectivity index (χ1) is 15.5. The molecule has 2 heterocycles. The number of ether oxygens (including phenoxy) is 1. The average molecular weight is 433 g/mol. The second kappa shape index (κ2) is 9.67. The van der Waals surface area contributed by atoms with Gasteiger partial charge in [-0.1, -0.05) is 36.4 Å². The second-order valence-electron chi connectivity index (χ2n) is 8.59. The first-order valence-electron chi connectivity index (χ1n) is 11.2. The zero-order valence-electron chi connectivity index (χ0n) is 19.5. The lowest BCUT2D eigenvalue weighted by molar-refractivity contribution is 0.150.